The lowest BCUT2D eigenvalue weighted by Crippen LogP contribution is -2.32. The van der Waals surface area contributed by atoms with Gasteiger partial charge >= 0.3 is 6.03 Å². The third-order valence-corrected chi connectivity index (χ3v) is 3.83. The molecule has 0 spiro atoms. The van der Waals surface area contributed by atoms with Crippen molar-refractivity contribution >= 4 is 11.8 Å². The maximum atomic E-state index is 12.2. The van der Waals surface area contributed by atoms with E-state index in [1.807, 2.05) is 39.0 Å². The van der Waals surface area contributed by atoms with Crippen LogP contribution in [0.1, 0.15) is 29.8 Å². The van der Waals surface area contributed by atoms with E-state index >= 15 is 0 Å². The maximum Gasteiger partial charge on any atom is 0.320 e. The van der Waals surface area contributed by atoms with E-state index in [9.17, 15) is 4.79 Å². The molecule has 1 unspecified atom stereocenters. The van der Waals surface area contributed by atoms with E-state index < -0.39 is 0 Å². The molecule has 0 aliphatic carbocycles. The monoisotopic (exact) mass is 332 g/mol. The summed E-state index contributed by atoms with van der Waals surface area (Å²) >= 11 is 0. The Bertz CT molecular complexity index is 740. The van der Waals surface area contributed by atoms with Gasteiger partial charge in [0.15, 0.2) is 11.5 Å². The number of anilines is 1. The number of hydrogen-bond donors (Lipinski definition) is 2. The molecule has 7 nitrogen and oxygen atoms in total. The van der Waals surface area contributed by atoms with E-state index in [2.05, 4.69) is 15.7 Å². The second-order valence-electron chi connectivity index (χ2n) is 5.68. The summed E-state index contributed by atoms with van der Waals surface area (Å²) in [6.45, 7) is 5.76. The predicted octanol–water partition coefficient (Wildman–Crippen LogP) is 2.94. The molecule has 1 heterocycles. The van der Waals surface area contributed by atoms with Crippen molar-refractivity contribution in [3.05, 3.63) is 35.0 Å². The van der Waals surface area contributed by atoms with Gasteiger partial charge < -0.3 is 14.8 Å². The lowest BCUT2D eigenvalue weighted by molar-refractivity contribution is 0.249. The molecule has 0 fully saturated rings. The number of aromatic nitrogens is 2. The highest BCUT2D eigenvalue weighted by molar-refractivity contribution is 5.88. The first-order valence-electron chi connectivity index (χ1n) is 7.66. The van der Waals surface area contributed by atoms with Crippen LogP contribution in [0.25, 0.3) is 0 Å². The molecule has 2 aromatic rings. The molecule has 7 heteroatoms. The number of benzene rings is 1. The number of urea groups is 1. The van der Waals surface area contributed by atoms with Crippen LogP contribution < -0.4 is 20.1 Å². The van der Waals surface area contributed by atoms with Gasteiger partial charge in [0.1, 0.15) is 5.82 Å². The zero-order valence-corrected chi connectivity index (χ0v) is 14.9. The summed E-state index contributed by atoms with van der Waals surface area (Å²) in [4.78, 5) is 12.2. The van der Waals surface area contributed by atoms with E-state index in [-0.39, 0.29) is 12.1 Å². The highest BCUT2D eigenvalue weighted by Crippen LogP contribution is 2.32. The van der Waals surface area contributed by atoms with Gasteiger partial charge in [-0.3, -0.25) is 10.00 Å². The maximum absolute atomic E-state index is 12.2. The molecule has 24 heavy (non-hydrogen) atoms. The van der Waals surface area contributed by atoms with Gasteiger partial charge in [-0.1, -0.05) is 0 Å². The number of carbonyl (C=O) groups excluding carboxylic acids is 1. The molecule has 0 radical (unpaired) electrons. The van der Waals surface area contributed by atoms with Crippen LogP contribution in [0.15, 0.2) is 18.2 Å². The van der Waals surface area contributed by atoms with Crippen LogP contribution in [-0.2, 0) is 7.05 Å². The fraction of sp³-hybridized carbons (Fsp3) is 0.412. The van der Waals surface area contributed by atoms with Crippen molar-refractivity contribution in [1.82, 2.24) is 15.1 Å². The summed E-state index contributed by atoms with van der Waals surface area (Å²) in [5.74, 6) is 1.94. The number of rotatable bonds is 5. The second-order valence-corrected chi connectivity index (χ2v) is 5.68. The molecule has 130 valence electrons. The van der Waals surface area contributed by atoms with Gasteiger partial charge in [-0.15, -0.1) is 0 Å². The number of aryl methyl sites for hydroxylation is 3. The first-order valence-corrected chi connectivity index (χ1v) is 7.66. The minimum atomic E-state index is -0.292. The molecule has 0 aliphatic rings. The van der Waals surface area contributed by atoms with Crippen LogP contribution in [0.3, 0.4) is 0 Å². The largest absolute Gasteiger partial charge is 0.493 e. The summed E-state index contributed by atoms with van der Waals surface area (Å²) in [6, 6.07) is 5.10. The van der Waals surface area contributed by atoms with Gasteiger partial charge in [0.25, 0.3) is 0 Å². The topological polar surface area (TPSA) is 77.4 Å². The van der Waals surface area contributed by atoms with Crippen molar-refractivity contribution in [3.63, 3.8) is 0 Å². The minimum Gasteiger partial charge on any atom is -0.493 e. The average molecular weight is 332 g/mol. The van der Waals surface area contributed by atoms with Gasteiger partial charge in [0.05, 0.1) is 26.0 Å². The van der Waals surface area contributed by atoms with Gasteiger partial charge in [-0.2, -0.15) is 5.10 Å². The Morgan fingerprint density at radius 3 is 2.33 bits per heavy atom. The van der Waals surface area contributed by atoms with Crippen LogP contribution in [0.5, 0.6) is 11.5 Å². The number of ether oxygens (including phenoxy) is 2. The number of carbonyl (C=O) groups is 1. The molecule has 2 amide bonds. The van der Waals surface area contributed by atoms with E-state index in [0.29, 0.717) is 17.3 Å². The highest BCUT2D eigenvalue weighted by atomic mass is 16.5. The van der Waals surface area contributed by atoms with Gasteiger partial charge in [-0.25, -0.2) is 4.79 Å². The molecule has 2 N–H and O–H groups in total. The van der Waals surface area contributed by atoms with E-state index in [0.717, 1.165) is 16.8 Å². The van der Waals surface area contributed by atoms with E-state index in [4.69, 9.17) is 9.47 Å². The lowest BCUT2D eigenvalue weighted by atomic mass is 10.0. The summed E-state index contributed by atoms with van der Waals surface area (Å²) in [7, 11) is 4.97. The fourth-order valence-corrected chi connectivity index (χ4v) is 2.62. The van der Waals surface area contributed by atoms with E-state index in [1.54, 1.807) is 25.9 Å². The molecule has 0 bridgehead atoms. The standard InChI is InChI=1S/C17H24N4O3/c1-10-7-14(23-5)15(24-6)9-13(10)12(3)18-17(22)19-16-8-11(2)20-21(16)4/h7-9,12H,1-6H3,(H2,18,19,22). The van der Waals surface area contributed by atoms with Gasteiger partial charge in [0.2, 0.25) is 0 Å². The Balaban J connectivity index is 2.13. The van der Waals surface area contributed by atoms with Crippen LogP contribution in [0, 0.1) is 13.8 Å². The molecule has 1 aromatic heterocycles. The van der Waals surface area contributed by atoms with Crippen LogP contribution >= 0.6 is 0 Å². The zero-order valence-electron chi connectivity index (χ0n) is 14.9. The normalized spacial score (nSPS) is 11.8. The van der Waals surface area contributed by atoms with Crippen molar-refractivity contribution in [2.45, 2.75) is 26.8 Å². The zero-order chi connectivity index (χ0) is 17.9. The number of hydrogen-bond acceptors (Lipinski definition) is 4. The van der Waals surface area contributed by atoms with Crippen molar-refractivity contribution in [3.8, 4) is 11.5 Å². The van der Waals surface area contributed by atoms with Gasteiger partial charge in [-0.05, 0) is 44.0 Å². The van der Waals surface area contributed by atoms with Crippen molar-refractivity contribution in [2.24, 2.45) is 7.05 Å². The number of methoxy groups -OCH3 is 2. The molecular formula is C17H24N4O3. The van der Waals surface area contributed by atoms with Crippen molar-refractivity contribution in [2.75, 3.05) is 19.5 Å². The van der Waals surface area contributed by atoms with Gasteiger partial charge in [0, 0.05) is 13.1 Å². The predicted molar refractivity (Wildman–Crippen MR) is 92.8 cm³/mol. The number of nitrogens with one attached hydrogen (secondary N) is 2. The van der Waals surface area contributed by atoms with E-state index in [1.165, 1.54) is 0 Å². The smallest absolute Gasteiger partial charge is 0.320 e. The lowest BCUT2D eigenvalue weighted by Gasteiger charge is -2.19. The molecule has 1 aromatic carbocycles. The SMILES string of the molecule is COc1cc(C)c(C(C)NC(=O)Nc2cc(C)nn2C)cc1OC. The third-order valence-electron chi connectivity index (χ3n) is 3.83. The summed E-state index contributed by atoms with van der Waals surface area (Å²) in [6.07, 6.45) is 0. The minimum absolute atomic E-state index is 0.195. The van der Waals surface area contributed by atoms with Crippen molar-refractivity contribution in [1.29, 1.82) is 0 Å². The molecule has 1 atom stereocenters. The number of nitrogens with zero attached hydrogens (tertiary/aromatic N) is 2. The Morgan fingerprint density at radius 1 is 1.17 bits per heavy atom. The van der Waals surface area contributed by atoms with Crippen LogP contribution in [0.2, 0.25) is 0 Å². The average Bonchev–Trinajstić information content (AvgIpc) is 2.83. The van der Waals surface area contributed by atoms with Crippen molar-refractivity contribution < 1.29 is 14.3 Å². The summed E-state index contributed by atoms with van der Waals surface area (Å²) in [5.41, 5.74) is 2.82. The Morgan fingerprint density at radius 2 is 1.79 bits per heavy atom. The number of amides is 2. The summed E-state index contributed by atoms with van der Waals surface area (Å²) in [5, 5.41) is 9.92. The first kappa shape index (κ1) is 17.7. The molecule has 0 saturated carbocycles. The molecule has 0 saturated heterocycles. The Hall–Kier alpha value is -2.70. The third kappa shape index (κ3) is 3.79. The Kier molecular flexibility index (Phi) is 5.33. The highest BCUT2D eigenvalue weighted by Gasteiger charge is 2.16. The summed E-state index contributed by atoms with van der Waals surface area (Å²) < 4.78 is 12.3. The Labute approximate surface area is 142 Å². The second kappa shape index (κ2) is 7.25. The molecule has 2 rings (SSSR count). The van der Waals surface area contributed by atoms with Crippen LogP contribution in [0.4, 0.5) is 10.6 Å². The quantitative estimate of drug-likeness (QED) is 0.882. The fourth-order valence-electron chi connectivity index (χ4n) is 2.62. The van der Waals surface area contributed by atoms with Crippen LogP contribution in [-0.4, -0.2) is 30.0 Å². The molecule has 0 aliphatic heterocycles. The first-order chi connectivity index (χ1) is 11.3. The molecular weight excluding hydrogens is 308 g/mol.